The van der Waals surface area contributed by atoms with E-state index in [9.17, 15) is 4.79 Å². The van der Waals surface area contributed by atoms with Gasteiger partial charge in [0.05, 0.1) is 25.6 Å². The van der Waals surface area contributed by atoms with Gasteiger partial charge in [0.2, 0.25) is 5.91 Å². The lowest BCUT2D eigenvalue weighted by molar-refractivity contribution is -0.121. The van der Waals surface area contributed by atoms with Crippen LogP contribution in [0.15, 0.2) is 43.0 Å². The normalized spacial score (nSPS) is 10.7. The SMILES string of the molecule is CNC(=O)Cn1cc(-n2ccnc2-c2ccc(OC)c(COC)c2)cn1. The van der Waals surface area contributed by atoms with Gasteiger partial charge >= 0.3 is 0 Å². The number of methoxy groups -OCH3 is 2. The van der Waals surface area contributed by atoms with Crippen LogP contribution in [0.3, 0.4) is 0 Å². The molecule has 8 nitrogen and oxygen atoms in total. The molecule has 26 heavy (non-hydrogen) atoms. The fourth-order valence-electron chi connectivity index (χ4n) is 2.70. The lowest BCUT2D eigenvalue weighted by Crippen LogP contribution is -2.23. The van der Waals surface area contributed by atoms with Crippen molar-refractivity contribution in [3.05, 3.63) is 48.5 Å². The van der Waals surface area contributed by atoms with Gasteiger partial charge in [-0.3, -0.25) is 14.0 Å². The van der Waals surface area contributed by atoms with E-state index in [1.54, 1.807) is 44.5 Å². The van der Waals surface area contributed by atoms with Gasteiger partial charge in [0.1, 0.15) is 18.1 Å². The zero-order valence-corrected chi connectivity index (χ0v) is 15.0. The lowest BCUT2D eigenvalue weighted by Gasteiger charge is -2.11. The van der Waals surface area contributed by atoms with Crippen LogP contribution >= 0.6 is 0 Å². The maximum absolute atomic E-state index is 11.5. The Morgan fingerprint density at radius 1 is 1.31 bits per heavy atom. The first-order valence-electron chi connectivity index (χ1n) is 8.09. The number of aromatic nitrogens is 4. The second-order valence-corrected chi connectivity index (χ2v) is 5.65. The van der Waals surface area contributed by atoms with Crippen molar-refractivity contribution < 1.29 is 14.3 Å². The Labute approximate surface area is 151 Å². The molecule has 8 heteroatoms. The van der Waals surface area contributed by atoms with Crippen LogP contribution in [0, 0.1) is 0 Å². The second kappa shape index (κ2) is 7.83. The molecule has 0 saturated heterocycles. The van der Waals surface area contributed by atoms with Gasteiger partial charge in [-0.05, 0) is 18.2 Å². The molecule has 0 unspecified atom stereocenters. The molecule has 3 rings (SSSR count). The molecule has 0 spiro atoms. The molecule has 0 atom stereocenters. The van der Waals surface area contributed by atoms with E-state index < -0.39 is 0 Å². The molecule has 0 aliphatic heterocycles. The first-order valence-corrected chi connectivity index (χ1v) is 8.09. The van der Waals surface area contributed by atoms with Gasteiger partial charge in [-0.2, -0.15) is 5.10 Å². The number of imidazole rings is 1. The Morgan fingerprint density at radius 3 is 2.88 bits per heavy atom. The minimum absolute atomic E-state index is 0.107. The number of ether oxygens (including phenoxy) is 2. The summed E-state index contributed by atoms with van der Waals surface area (Å²) in [5.41, 5.74) is 2.70. The summed E-state index contributed by atoms with van der Waals surface area (Å²) in [6, 6.07) is 5.85. The number of hydrogen-bond donors (Lipinski definition) is 1. The number of benzene rings is 1. The van der Waals surface area contributed by atoms with E-state index in [4.69, 9.17) is 9.47 Å². The highest BCUT2D eigenvalue weighted by Crippen LogP contribution is 2.27. The van der Waals surface area contributed by atoms with Crippen molar-refractivity contribution in [3.63, 3.8) is 0 Å². The second-order valence-electron chi connectivity index (χ2n) is 5.65. The van der Waals surface area contributed by atoms with Gasteiger partial charge in [-0.1, -0.05) is 0 Å². The predicted octanol–water partition coefficient (Wildman–Crippen LogP) is 1.64. The van der Waals surface area contributed by atoms with Crippen LogP contribution in [0.25, 0.3) is 17.1 Å². The molecular formula is C18H21N5O3. The molecular weight excluding hydrogens is 334 g/mol. The minimum atomic E-state index is -0.107. The van der Waals surface area contributed by atoms with E-state index >= 15 is 0 Å². The van der Waals surface area contributed by atoms with E-state index in [-0.39, 0.29) is 12.5 Å². The first kappa shape index (κ1) is 17.7. The molecule has 1 aromatic carbocycles. The van der Waals surface area contributed by atoms with Crippen LogP contribution in [-0.2, 0) is 22.7 Å². The average Bonchev–Trinajstić information content (AvgIpc) is 3.31. The number of nitrogens with one attached hydrogen (secondary N) is 1. The molecule has 0 aliphatic rings. The highest BCUT2D eigenvalue weighted by Gasteiger charge is 2.13. The minimum Gasteiger partial charge on any atom is -0.496 e. The standard InChI is InChI=1S/C18H21N5O3/c1-19-17(24)11-22-10-15(9-21-22)23-7-6-20-18(23)13-4-5-16(26-3)14(8-13)12-25-2/h4-10H,11-12H2,1-3H3,(H,19,24). The Kier molecular flexibility index (Phi) is 5.33. The summed E-state index contributed by atoms with van der Waals surface area (Å²) >= 11 is 0. The Balaban J connectivity index is 1.94. The average molecular weight is 355 g/mol. The van der Waals surface area contributed by atoms with Crippen LogP contribution in [0.2, 0.25) is 0 Å². The molecule has 0 aliphatic carbocycles. The Hall–Kier alpha value is -3.13. The highest BCUT2D eigenvalue weighted by molar-refractivity contribution is 5.75. The number of carbonyl (C=O) groups excluding carboxylic acids is 1. The Morgan fingerprint density at radius 2 is 2.15 bits per heavy atom. The van der Waals surface area contributed by atoms with Crippen LogP contribution in [0.5, 0.6) is 5.75 Å². The van der Waals surface area contributed by atoms with Gasteiger partial charge in [-0.25, -0.2) is 4.98 Å². The number of likely N-dealkylation sites (N-methyl/N-ethyl adjacent to an activating group) is 1. The first-order chi connectivity index (χ1) is 12.7. The zero-order valence-electron chi connectivity index (χ0n) is 15.0. The number of rotatable bonds is 7. The van der Waals surface area contributed by atoms with Crippen molar-refractivity contribution in [2.24, 2.45) is 0 Å². The molecule has 0 bridgehead atoms. The van der Waals surface area contributed by atoms with Gasteiger partial charge in [0.25, 0.3) is 0 Å². The van der Waals surface area contributed by atoms with Crippen LogP contribution < -0.4 is 10.1 Å². The topological polar surface area (TPSA) is 83.2 Å². The number of carbonyl (C=O) groups is 1. The monoisotopic (exact) mass is 355 g/mol. The maximum atomic E-state index is 11.5. The zero-order chi connectivity index (χ0) is 18.5. The number of hydrogen-bond acceptors (Lipinski definition) is 5. The smallest absolute Gasteiger partial charge is 0.241 e. The summed E-state index contributed by atoms with van der Waals surface area (Å²) in [5, 5.41) is 6.82. The van der Waals surface area contributed by atoms with E-state index in [0.29, 0.717) is 6.61 Å². The third-order valence-corrected chi connectivity index (χ3v) is 3.96. The lowest BCUT2D eigenvalue weighted by atomic mass is 10.1. The molecule has 0 radical (unpaired) electrons. The third kappa shape index (κ3) is 3.60. The fourth-order valence-corrected chi connectivity index (χ4v) is 2.70. The van der Waals surface area contributed by atoms with Crippen LogP contribution in [-0.4, -0.2) is 46.5 Å². The fraction of sp³-hybridized carbons (Fsp3) is 0.278. The van der Waals surface area contributed by atoms with Crippen LogP contribution in [0.4, 0.5) is 0 Å². The molecule has 3 aromatic rings. The van der Waals surface area contributed by atoms with Gasteiger partial charge in [-0.15, -0.1) is 0 Å². The van der Waals surface area contributed by atoms with Crippen molar-refractivity contribution in [3.8, 4) is 22.8 Å². The maximum Gasteiger partial charge on any atom is 0.241 e. The summed E-state index contributed by atoms with van der Waals surface area (Å²) < 4.78 is 14.1. The number of nitrogens with zero attached hydrogens (tertiary/aromatic N) is 4. The summed E-state index contributed by atoms with van der Waals surface area (Å²) in [6.45, 7) is 0.614. The van der Waals surface area contributed by atoms with Gasteiger partial charge in [0.15, 0.2) is 0 Å². The summed E-state index contributed by atoms with van der Waals surface area (Å²) in [4.78, 5) is 16.0. The predicted molar refractivity (Wildman–Crippen MR) is 96.1 cm³/mol. The van der Waals surface area contributed by atoms with Crippen molar-refractivity contribution >= 4 is 5.91 Å². The molecule has 0 saturated carbocycles. The van der Waals surface area contributed by atoms with E-state index in [2.05, 4.69) is 15.4 Å². The number of amides is 1. The van der Waals surface area contributed by atoms with Crippen molar-refractivity contribution in [1.82, 2.24) is 24.6 Å². The third-order valence-electron chi connectivity index (χ3n) is 3.96. The highest BCUT2D eigenvalue weighted by atomic mass is 16.5. The summed E-state index contributed by atoms with van der Waals surface area (Å²) in [5.74, 6) is 1.43. The molecule has 2 aromatic heterocycles. The summed E-state index contributed by atoms with van der Waals surface area (Å²) in [6.07, 6.45) is 7.09. The van der Waals surface area contributed by atoms with E-state index in [1.807, 2.05) is 29.0 Å². The molecule has 2 heterocycles. The molecule has 1 amide bonds. The Bertz CT molecular complexity index is 900. The van der Waals surface area contributed by atoms with Crippen molar-refractivity contribution in [1.29, 1.82) is 0 Å². The molecule has 136 valence electrons. The van der Waals surface area contributed by atoms with Gasteiger partial charge in [0, 0.05) is 43.9 Å². The summed E-state index contributed by atoms with van der Waals surface area (Å²) in [7, 11) is 4.88. The van der Waals surface area contributed by atoms with E-state index in [1.165, 1.54) is 0 Å². The molecule has 1 N–H and O–H groups in total. The largest absolute Gasteiger partial charge is 0.496 e. The van der Waals surface area contributed by atoms with Gasteiger partial charge < -0.3 is 14.8 Å². The van der Waals surface area contributed by atoms with Crippen molar-refractivity contribution in [2.45, 2.75) is 13.2 Å². The quantitative estimate of drug-likeness (QED) is 0.697. The molecule has 0 fully saturated rings. The van der Waals surface area contributed by atoms with E-state index in [0.717, 1.165) is 28.4 Å². The van der Waals surface area contributed by atoms with Crippen molar-refractivity contribution in [2.75, 3.05) is 21.3 Å². The van der Waals surface area contributed by atoms with Crippen LogP contribution in [0.1, 0.15) is 5.56 Å².